The van der Waals surface area contributed by atoms with Crippen LogP contribution in [0.4, 0.5) is 5.69 Å². The van der Waals surface area contributed by atoms with Crippen LogP contribution in [0, 0.1) is 6.92 Å². The van der Waals surface area contributed by atoms with Gasteiger partial charge in [-0.1, -0.05) is 42.1 Å². The Bertz CT molecular complexity index is 1140. The van der Waals surface area contributed by atoms with Gasteiger partial charge in [-0.25, -0.2) is 13.1 Å². The summed E-state index contributed by atoms with van der Waals surface area (Å²) in [5, 5.41) is 6.30. The highest BCUT2D eigenvalue weighted by atomic mass is 35.5. The third kappa shape index (κ3) is 5.11. The number of carbonyl (C=O) groups is 1. The number of hydrogen-bond donors (Lipinski definition) is 1. The average molecular weight is 487 g/mol. The lowest BCUT2D eigenvalue weighted by molar-refractivity contribution is -0.119. The summed E-state index contributed by atoms with van der Waals surface area (Å²) in [5.74, 6) is -0.546. The molecule has 1 saturated heterocycles. The molecule has 168 valence electrons. The number of rotatable bonds is 5. The van der Waals surface area contributed by atoms with Gasteiger partial charge in [0.05, 0.1) is 16.1 Å². The second-order valence-corrected chi connectivity index (χ2v) is 10.2. The van der Waals surface area contributed by atoms with Gasteiger partial charge in [0.15, 0.2) is 0 Å². The Morgan fingerprint density at radius 1 is 1.16 bits per heavy atom. The molecule has 2 aromatic rings. The van der Waals surface area contributed by atoms with Crippen LogP contribution in [-0.4, -0.2) is 41.5 Å². The lowest BCUT2D eigenvalue weighted by Crippen LogP contribution is -2.34. The smallest absolute Gasteiger partial charge is 0.287 e. The predicted molar refractivity (Wildman–Crippen MR) is 120 cm³/mol. The van der Waals surface area contributed by atoms with E-state index in [0.29, 0.717) is 24.3 Å². The molecule has 1 aliphatic rings. The number of carbonyl (C=O) groups excluding carboxylic acids is 1. The molecule has 1 aromatic carbocycles. The molecule has 2 heterocycles. The van der Waals surface area contributed by atoms with Crippen molar-refractivity contribution in [1.29, 1.82) is 0 Å². The van der Waals surface area contributed by atoms with Gasteiger partial charge in [0.2, 0.25) is 15.9 Å². The van der Waals surface area contributed by atoms with E-state index in [0.717, 1.165) is 30.4 Å². The van der Waals surface area contributed by atoms with E-state index in [1.807, 2.05) is 0 Å². The van der Waals surface area contributed by atoms with Crippen molar-refractivity contribution in [3.05, 3.63) is 50.4 Å². The SMILES string of the molecule is Cc1ccc(NC(=O)[C@H](C)n2ncc(Cl)c(Cl)c2=O)cc1S(=O)(=O)N1CCCCCC1. The Morgan fingerprint density at radius 3 is 2.45 bits per heavy atom. The summed E-state index contributed by atoms with van der Waals surface area (Å²) in [6.45, 7) is 4.18. The zero-order valence-corrected chi connectivity index (χ0v) is 19.6. The maximum Gasteiger partial charge on any atom is 0.287 e. The summed E-state index contributed by atoms with van der Waals surface area (Å²) in [6.07, 6.45) is 4.88. The molecule has 0 aliphatic carbocycles. The van der Waals surface area contributed by atoms with Gasteiger partial charge >= 0.3 is 0 Å². The fourth-order valence-corrected chi connectivity index (χ4v) is 5.46. The fraction of sp³-hybridized carbons (Fsp3) is 0.450. The number of amides is 1. The molecule has 0 unspecified atom stereocenters. The zero-order valence-electron chi connectivity index (χ0n) is 17.3. The minimum Gasteiger partial charge on any atom is -0.324 e. The van der Waals surface area contributed by atoms with Gasteiger partial charge in [0.25, 0.3) is 5.56 Å². The molecule has 1 aromatic heterocycles. The van der Waals surface area contributed by atoms with E-state index in [1.165, 1.54) is 23.5 Å². The van der Waals surface area contributed by atoms with Crippen molar-refractivity contribution in [2.75, 3.05) is 18.4 Å². The lowest BCUT2D eigenvalue weighted by atomic mass is 10.2. The molecule has 0 bridgehead atoms. The number of hydrogen-bond acceptors (Lipinski definition) is 5. The molecule has 1 fully saturated rings. The largest absolute Gasteiger partial charge is 0.324 e. The van der Waals surface area contributed by atoms with Crippen LogP contribution in [0.5, 0.6) is 0 Å². The first-order valence-electron chi connectivity index (χ1n) is 9.97. The molecule has 1 N–H and O–H groups in total. The topological polar surface area (TPSA) is 101 Å². The molecule has 1 amide bonds. The molecule has 1 atom stereocenters. The minimum absolute atomic E-state index is 0.00239. The van der Waals surface area contributed by atoms with Crippen LogP contribution in [0.1, 0.15) is 44.2 Å². The standard InChI is InChI=1S/C20H24Cl2N4O4S/c1-13-7-8-15(11-17(13)31(29,30)25-9-5-3-4-6-10-25)24-19(27)14(2)26-20(28)18(22)16(21)12-23-26/h7-8,11-12,14H,3-6,9-10H2,1-2H3,(H,24,27)/t14-/m0/s1. The molecule has 0 radical (unpaired) electrons. The number of nitrogens with one attached hydrogen (secondary N) is 1. The van der Waals surface area contributed by atoms with Gasteiger partial charge in [-0.2, -0.15) is 9.40 Å². The van der Waals surface area contributed by atoms with Crippen LogP contribution in [0.15, 0.2) is 34.1 Å². The van der Waals surface area contributed by atoms with Gasteiger partial charge in [0, 0.05) is 18.8 Å². The van der Waals surface area contributed by atoms with Gasteiger partial charge in [0.1, 0.15) is 11.1 Å². The third-order valence-corrected chi connectivity index (χ3v) is 8.08. The first-order chi connectivity index (χ1) is 14.6. The lowest BCUT2D eigenvalue weighted by Gasteiger charge is -2.22. The number of aryl methyl sites for hydroxylation is 1. The van der Waals surface area contributed by atoms with Crippen LogP contribution < -0.4 is 10.9 Å². The number of sulfonamides is 1. The van der Waals surface area contributed by atoms with E-state index >= 15 is 0 Å². The van der Waals surface area contributed by atoms with Crippen molar-refractivity contribution >= 4 is 44.8 Å². The predicted octanol–water partition coefficient (Wildman–Crippen LogP) is 3.62. The Hall–Kier alpha value is -1.94. The summed E-state index contributed by atoms with van der Waals surface area (Å²) < 4.78 is 28.8. The number of anilines is 1. The molecular weight excluding hydrogens is 463 g/mol. The van der Waals surface area contributed by atoms with Crippen LogP contribution in [0.2, 0.25) is 10.0 Å². The second kappa shape index (κ2) is 9.68. The molecule has 3 rings (SSSR count). The van der Waals surface area contributed by atoms with Gasteiger partial charge in [-0.15, -0.1) is 0 Å². The van der Waals surface area contributed by atoms with Crippen LogP contribution >= 0.6 is 23.2 Å². The van der Waals surface area contributed by atoms with Crippen LogP contribution in [0.3, 0.4) is 0 Å². The number of nitrogens with zero attached hydrogens (tertiary/aromatic N) is 3. The Kier molecular flexibility index (Phi) is 7.41. The Morgan fingerprint density at radius 2 is 1.81 bits per heavy atom. The van der Waals surface area contributed by atoms with E-state index in [-0.39, 0.29) is 14.9 Å². The first-order valence-corrected chi connectivity index (χ1v) is 12.2. The number of halogens is 2. The molecule has 11 heteroatoms. The maximum absolute atomic E-state index is 13.2. The van der Waals surface area contributed by atoms with Crippen molar-refractivity contribution in [3.8, 4) is 0 Å². The summed E-state index contributed by atoms with van der Waals surface area (Å²) in [4.78, 5) is 25.1. The van der Waals surface area contributed by atoms with Gasteiger partial charge in [-0.05, 0) is 44.4 Å². The summed E-state index contributed by atoms with van der Waals surface area (Å²) >= 11 is 11.6. The quantitative estimate of drug-likeness (QED) is 0.694. The molecule has 8 nitrogen and oxygen atoms in total. The number of aromatic nitrogens is 2. The maximum atomic E-state index is 13.2. The molecule has 1 aliphatic heterocycles. The highest BCUT2D eigenvalue weighted by Gasteiger charge is 2.27. The van der Waals surface area contributed by atoms with E-state index in [1.54, 1.807) is 19.1 Å². The number of benzene rings is 1. The van der Waals surface area contributed by atoms with E-state index in [4.69, 9.17) is 23.2 Å². The van der Waals surface area contributed by atoms with Crippen molar-refractivity contribution in [2.24, 2.45) is 0 Å². The van der Waals surface area contributed by atoms with Crippen molar-refractivity contribution in [1.82, 2.24) is 14.1 Å². The fourth-order valence-electron chi connectivity index (χ4n) is 3.44. The van der Waals surface area contributed by atoms with Crippen LogP contribution in [-0.2, 0) is 14.8 Å². The molecular formula is C20H24Cl2N4O4S. The summed E-state index contributed by atoms with van der Waals surface area (Å²) in [5.41, 5.74) is 0.215. The normalized spacial score (nSPS) is 16.5. The van der Waals surface area contributed by atoms with Crippen molar-refractivity contribution in [2.45, 2.75) is 50.5 Å². The minimum atomic E-state index is -3.68. The zero-order chi connectivity index (χ0) is 22.8. The molecule has 0 spiro atoms. The van der Waals surface area contributed by atoms with Crippen molar-refractivity contribution in [3.63, 3.8) is 0 Å². The van der Waals surface area contributed by atoms with Gasteiger partial charge in [-0.3, -0.25) is 9.59 Å². The van der Waals surface area contributed by atoms with E-state index in [9.17, 15) is 18.0 Å². The highest BCUT2D eigenvalue weighted by Crippen LogP contribution is 2.26. The summed E-state index contributed by atoms with van der Waals surface area (Å²) in [6, 6.07) is 3.72. The third-order valence-electron chi connectivity index (χ3n) is 5.29. The van der Waals surface area contributed by atoms with Gasteiger partial charge < -0.3 is 5.32 Å². The Balaban J connectivity index is 1.85. The average Bonchev–Trinajstić information content (AvgIpc) is 3.03. The second-order valence-electron chi connectivity index (χ2n) is 7.52. The van der Waals surface area contributed by atoms with Crippen molar-refractivity contribution < 1.29 is 13.2 Å². The Labute approximate surface area is 191 Å². The molecule has 31 heavy (non-hydrogen) atoms. The van der Waals surface area contributed by atoms with Crippen LogP contribution in [0.25, 0.3) is 0 Å². The summed E-state index contributed by atoms with van der Waals surface area (Å²) in [7, 11) is -3.68. The monoisotopic (exact) mass is 486 g/mol. The highest BCUT2D eigenvalue weighted by molar-refractivity contribution is 7.89. The van der Waals surface area contributed by atoms with E-state index in [2.05, 4.69) is 10.4 Å². The van der Waals surface area contributed by atoms with E-state index < -0.39 is 27.5 Å². The molecule has 0 saturated carbocycles. The first kappa shape index (κ1) is 23.7.